The van der Waals surface area contributed by atoms with Gasteiger partial charge in [0.2, 0.25) is 0 Å². The summed E-state index contributed by atoms with van der Waals surface area (Å²) in [6.07, 6.45) is 2.15. The minimum atomic E-state index is -0.550. The van der Waals surface area contributed by atoms with E-state index in [2.05, 4.69) is 25.2 Å². The third-order valence-electron chi connectivity index (χ3n) is 7.21. The summed E-state index contributed by atoms with van der Waals surface area (Å²) in [7, 11) is 3.02. The van der Waals surface area contributed by atoms with E-state index in [0.29, 0.717) is 27.8 Å². The minimum absolute atomic E-state index is 0.0674. The second-order valence-corrected chi connectivity index (χ2v) is 11.3. The summed E-state index contributed by atoms with van der Waals surface area (Å²) in [5.41, 5.74) is 5.23. The van der Waals surface area contributed by atoms with E-state index in [-0.39, 0.29) is 23.6 Å². The maximum atomic E-state index is 12.8. The topological polar surface area (TPSA) is 109 Å². The van der Waals surface area contributed by atoms with E-state index in [4.69, 9.17) is 30.5 Å². The summed E-state index contributed by atoms with van der Waals surface area (Å²) in [4.78, 5) is 23.7. The van der Waals surface area contributed by atoms with Crippen LogP contribution in [0.2, 0.25) is 5.02 Å². The minimum Gasteiger partial charge on any atom is -0.496 e. The number of nitrogens with one attached hydrogen (secondary N) is 1. The van der Waals surface area contributed by atoms with Crippen molar-refractivity contribution >= 4 is 34.5 Å². The highest BCUT2D eigenvalue weighted by Crippen LogP contribution is 2.44. The summed E-state index contributed by atoms with van der Waals surface area (Å²) < 4.78 is 23.1. The van der Waals surface area contributed by atoms with Crippen LogP contribution in [0, 0.1) is 10.1 Å². The Labute approximate surface area is 260 Å². The number of carbonyl (C=O) groups excluding carboxylic acids is 1. The zero-order valence-corrected chi connectivity index (χ0v) is 25.7. The number of fused-ring (bicyclic) bond motifs is 1. The highest BCUT2D eigenvalue weighted by molar-refractivity contribution is 6.30. The third-order valence-corrected chi connectivity index (χ3v) is 7.44. The molecular weight excluding hydrogens is 584 g/mol. The van der Waals surface area contributed by atoms with Crippen molar-refractivity contribution < 1.29 is 28.7 Å². The first-order valence-corrected chi connectivity index (χ1v) is 14.1. The van der Waals surface area contributed by atoms with Gasteiger partial charge in [-0.15, -0.1) is 0 Å². The van der Waals surface area contributed by atoms with Crippen molar-refractivity contribution in [2.24, 2.45) is 0 Å². The molecule has 4 aromatic carbocycles. The molecule has 4 aromatic rings. The number of ether oxygens (including phenoxy) is 4. The van der Waals surface area contributed by atoms with Gasteiger partial charge >= 0.3 is 5.97 Å². The molecule has 1 heterocycles. The van der Waals surface area contributed by atoms with Crippen molar-refractivity contribution in [2.45, 2.75) is 32.9 Å². The summed E-state index contributed by atoms with van der Waals surface area (Å²) in [6.45, 7) is 6.28. The van der Waals surface area contributed by atoms with Crippen molar-refractivity contribution in [3.8, 4) is 34.1 Å². The normalized spacial score (nSPS) is 13.2. The smallest absolute Gasteiger partial charge is 0.343 e. The Morgan fingerprint density at radius 3 is 2.39 bits per heavy atom. The molecule has 0 unspecified atom stereocenters. The molecule has 0 spiro atoms. The third kappa shape index (κ3) is 6.33. The number of rotatable bonds is 9. The molecule has 1 aliphatic rings. The molecule has 0 aromatic heterocycles. The molecule has 0 bridgehead atoms. The quantitative estimate of drug-likeness (QED) is 0.0867. The standard InChI is InChI=1S/C34H31ClN2O7/c1-20-18-34(2,3)36-28-13-12-25(27(32(20)28)19-43-31-16-23(37(39)40)9-14-29(31)41-4)26-11-10-24(17-30(26)42-5)44-33(38)21-7-6-8-22(35)15-21/h6-18,36H,19H2,1-5H3. The first-order chi connectivity index (χ1) is 21.0. The Morgan fingerprint density at radius 2 is 1.68 bits per heavy atom. The Balaban J connectivity index is 1.57. The lowest BCUT2D eigenvalue weighted by atomic mass is 9.85. The van der Waals surface area contributed by atoms with E-state index in [9.17, 15) is 14.9 Å². The van der Waals surface area contributed by atoms with E-state index >= 15 is 0 Å². The van der Waals surface area contributed by atoms with Gasteiger partial charge in [0.05, 0.1) is 36.3 Å². The summed E-state index contributed by atoms with van der Waals surface area (Å²) in [6, 6.07) is 19.9. The Hall–Kier alpha value is -5.02. The van der Waals surface area contributed by atoms with Crippen molar-refractivity contribution in [3.63, 3.8) is 0 Å². The number of benzene rings is 4. The van der Waals surface area contributed by atoms with Crippen LogP contribution in [-0.2, 0) is 6.61 Å². The molecule has 0 atom stereocenters. The second kappa shape index (κ2) is 12.3. The fraction of sp³-hybridized carbons (Fsp3) is 0.206. The number of methoxy groups -OCH3 is 2. The number of non-ortho nitro benzene ring substituents is 1. The van der Waals surface area contributed by atoms with Crippen molar-refractivity contribution in [1.29, 1.82) is 0 Å². The number of nitro benzene ring substituents is 1. The largest absolute Gasteiger partial charge is 0.496 e. The van der Waals surface area contributed by atoms with E-state index in [1.165, 1.54) is 31.4 Å². The van der Waals surface area contributed by atoms with Crippen LogP contribution in [-0.4, -0.2) is 30.7 Å². The molecular formula is C34H31ClN2O7. The van der Waals surface area contributed by atoms with Crippen LogP contribution < -0.4 is 24.3 Å². The lowest BCUT2D eigenvalue weighted by Crippen LogP contribution is -2.32. The molecule has 0 amide bonds. The summed E-state index contributed by atoms with van der Waals surface area (Å²) >= 11 is 6.04. The number of anilines is 1. The van der Waals surface area contributed by atoms with Gasteiger partial charge in [0.1, 0.15) is 18.1 Å². The Morgan fingerprint density at radius 1 is 0.932 bits per heavy atom. The van der Waals surface area contributed by atoms with Gasteiger partial charge in [-0.1, -0.05) is 29.8 Å². The molecule has 226 valence electrons. The maximum absolute atomic E-state index is 12.8. The average Bonchev–Trinajstić information content (AvgIpc) is 2.98. The van der Waals surface area contributed by atoms with Gasteiger partial charge in [-0.05, 0) is 74.4 Å². The number of nitro groups is 1. The molecule has 0 radical (unpaired) electrons. The number of halogens is 1. The van der Waals surface area contributed by atoms with Gasteiger partial charge in [0, 0.05) is 39.5 Å². The number of hydrogen-bond donors (Lipinski definition) is 1. The highest BCUT2D eigenvalue weighted by Gasteiger charge is 2.27. The lowest BCUT2D eigenvalue weighted by molar-refractivity contribution is -0.385. The zero-order chi connectivity index (χ0) is 31.6. The molecule has 0 aliphatic carbocycles. The number of esters is 1. The predicted molar refractivity (Wildman–Crippen MR) is 170 cm³/mol. The first kappa shape index (κ1) is 30.4. The Kier molecular flexibility index (Phi) is 8.51. The summed E-state index contributed by atoms with van der Waals surface area (Å²) in [5.74, 6) is 0.835. The fourth-order valence-corrected chi connectivity index (χ4v) is 5.57. The van der Waals surface area contributed by atoms with Crippen LogP contribution >= 0.6 is 11.6 Å². The van der Waals surface area contributed by atoms with E-state index in [0.717, 1.165) is 33.5 Å². The van der Waals surface area contributed by atoms with Crippen LogP contribution in [0.5, 0.6) is 23.0 Å². The Bertz CT molecular complexity index is 1800. The average molecular weight is 615 g/mol. The molecule has 44 heavy (non-hydrogen) atoms. The molecule has 1 aliphatic heterocycles. The lowest BCUT2D eigenvalue weighted by Gasteiger charge is -2.33. The van der Waals surface area contributed by atoms with Gasteiger partial charge in [-0.3, -0.25) is 10.1 Å². The second-order valence-electron chi connectivity index (χ2n) is 10.8. The van der Waals surface area contributed by atoms with E-state index < -0.39 is 10.9 Å². The number of carbonyl (C=O) groups is 1. The fourth-order valence-electron chi connectivity index (χ4n) is 5.38. The van der Waals surface area contributed by atoms with Gasteiger partial charge in [0.15, 0.2) is 11.5 Å². The van der Waals surface area contributed by atoms with Crippen LogP contribution in [0.25, 0.3) is 16.7 Å². The van der Waals surface area contributed by atoms with Crippen molar-refractivity contribution in [3.05, 3.63) is 111 Å². The van der Waals surface area contributed by atoms with Gasteiger partial charge in [-0.2, -0.15) is 0 Å². The molecule has 10 heteroatoms. The van der Waals surface area contributed by atoms with Crippen LogP contribution in [0.15, 0.2) is 78.9 Å². The van der Waals surface area contributed by atoms with Crippen LogP contribution in [0.3, 0.4) is 0 Å². The van der Waals surface area contributed by atoms with Crippen LogP contribution in [0.4, 0.5) is 11.4 Å². The van der Waals surface area contributed by atoms with E-state index in [1.54, 1.807) is 37.4 Å². The van der Waals surface area contributed by atoms with Gasteiger partial charge in [-0.25, -0.2) is 4.79 Å². The predicted octanol–water partition coefficient (Wildman–Crippen LogP) is 8.34. The SMILES string of the molecule is COc1ccc([N+](=O)[O-])cc1OCc1c(-c2ccc(OC(=O)c3cccc(Cl)c3)cc2OC)ccc2c1C(C)=CC(C)(C)N2. The molecule has 1 N–H and O–H groups in total. The molecule has 0 saturated carbocycles. The van der Waals surface area contributed by atoms with Crippen molar-refractivity contribution in [2.75, 3.05) is 19.5 Å². The maximum Gasteiger partial charge on any atom is 0.343 e. The number of hydrogen-bond acceptors (Lipinski definition) is 8. The highest BCUT2D eigenvalue weighted by atomic mass is 35.5. The molecule has 0 fully saturated rings. The monoisotopic (exact) mass is 614 g/mol. The molecule has 9 nitrogen and oxygen atoms in total. The van der Waals surface area contributed by atoms with Gasteiger partial charge < -0.3 is 24.3 Å². The zero-order valence-electron chi connectivity index (χ0n) is 24.9. The van der Waals surface area contributed by atoms with Gasteiger partial charge in [0.25, 0.3) is 5.69 Å². The molecule has 5 rings (SSSR count). The molecule has 0 saturated heterocycles. The number of nitrogens with zero attached hydrogens (tertiary/aromatic N) is 1. The first-order valence-electron chi connectivity index (χ1n) is 13.7. The van der Waals surface area contributed by atoms with Crippen molar-refractivity contribution in [1.82, 2.24) is 0 Å². The van der Waals surface area contributed by atoms with E-state index in [1.807, 2.05) is 25.1 Å². The number of allylic oxidation sites excluding steroid dienone is 1. The van der Waals surface area contributed by atoms with Crippen LogP contribution in [0.1, 0.15) is 42.3 Å². The summed E-state index contributed by atoms with van der Waals surface area (Å²) in [5, 5.41) is 15.5.